The summed E-state index contributed by atoms with van der Waals surface area (Å²) in [6.07, 6.45) is 11.4. The minimum absolute atomic E-state index is 0.0161. The van der Waals surface area contributed by atoms with E-state index in [2.05, 4.69) is 40.2 Å². The average molecular weight is 593 g/mol. The third kappa shape index (κ3) is 5.70. The van der Waals surface area contributed by atoms with Gasteiger partial charge in [-0.3, -0.25) is 24.4 Å². The van der Waals surface area contributed by atoms with Gasteiger partial charge in [-0.25, -0.2) is 4.39 Å². The molecule has 1 aliphatic heterocycles. The Morgan fingerprint density at radius 3 is 2.40 bits per heavy atom. The van der Waals surface area contributed by atoms with Gasteiger partial charge in [0.2, 0.25) is 11.8 Å². The number of nitrogens with one attached hydrogen (secondary N) is 4. The molecule has 3 saturated carbocycles. The highest BCUT2D eigenvalue weighted by atomic mass is 19.1. The van der Waals surface area contributed by atoms with Crippen LogP contribution in [-0.2, 0) is 22.2 Å². The van der Waals surface area contributed by atoms with E-state index in [1.807, 2.05) is 0 Å². The van der Waals surface area contributed by atoms with Gasteiger partial charge in [-0.1, -0.05) is 45.6 Å². The van der Waals surface area contributed by atoms with E-state index in [1.54, 1.807) is 31.4 Å². The smallest absolute Gasteiger partial charge is 0.270 e. The summed E-state index contributed by atoms with van der Waals surface area (Å²) >= 11 is 0. The number of carbonyl (C=O) groups excluding carboxylic acids is 3. The first kappa shape index (κ1) is 29.8. The molecule has 43 heavy (non-hydrogen) atoms. The number of amides is 3. The standard InChI is InChI=1S/C33H45FN6O3/c1-31(12-5-13-31)20-35-30(43)33(14-6-17-36-33)22-9-10-23(34)24(19-22)38-29(42)27(39-28(41)25-11-18-37-40(25)3)26(21-7-4-8-21)32(2)15-16-32/h9-11,18-19,21,26-27,36H,4-8,12-17,20H2,1-3H3,(H,35,43)(H,38,42)(H,39,41)/t26?,27-,33?/m0/s1. The molecule has 4 aliphatic rings. The summed E-state index contributed by atoms with van der Waals surface area (Å²) in [6, 6.07) is 5.33. The molecule has 9 nitrogen and oxygen atoms in total. The quantitative estimate of drug-likeness (QED) is 0.309. The maximum atomic E-state index is 15.4. The molecule has 1 saturated heterocycles. The van der Waals surface area contributed by atoms with Gasteiger partial charge in [0.25, 0.3) is 5.91 Å². The molecule has 3 amide bonds. The van der Waals surface area contributed by atoms with Crippen molar-refractivity contribution >= 4 is 23.4 Å². The van der Waals surface area contributed by atoms with Crippen molar-refractivity contribution in [1.29, 1.82) is 0 Å². The lowest BCUT2D eigenvalue weighted by atomic mass is 9.66. The second-order valence-electron chi connectivity index (χ2n) is 14.1. The van der Waals surface area contributed by atoms with Crippen LogP contribution in [0.15, 0.2) is 30.5 Å². The molecular formula is C33H45FN6O3. The van der Waals surface area contributed by atoms with E-state index in [4.69, 9.17) is 0 Å². The van der Waals surface area contributed by atoms with E-state index in [1.165, 1.54) is 17.2 Å². The van der Waals surface area contributed by atoms with Crippen molar-refractivity contribution in [2.75, 3.05) is 18.4 Å². The van der Waals surface area contributed by atoms with Crippen molar-refractivity contribution in [3.05, 3.63) is 47.5 Å². The average Bonchev–Trinajstić information content (AvgIpc) is 3.30. The molecule has 2 unspecified atom stereocenters. The fourth-order valence-electron chi connectivity index (χ4n) is 7.52. The first-order valence-corrected chi connectivity index (χ1v) is 16.0. The minimum atomic E-state index is -0.990. The third-order valence-electron chi connectivity index (χ3n) is 11.0. The van der Waals surface area contributed by atoms with Crippen LogP contribution in [0.4, 0.5) is 10.1 Å². The monoisotopic (exact) mass is 592 g/mol. The number of carbonyl (C=O) groups is 3. The molecule has 4 N–H and O–H groups in total. The SMILES string of the molecule is Cn1nccc1C(=O)N[C@H](C(=O)Nc1cc(C2(C(=O)NCC3(C)CCC3)CCCN2)ccc1F)C(C1CCC1)C1(C)CC1. The summed E-state index contributed by atoms with van der Waals surface area (Å²) in [5.74, 6) is -1.26. The molecule has 4 fully saturated rings. The Bertz CT molecular complexity index is 1390. The summed E-state index contributed by atoms with van der Waals surface area (Å²) < 4.78 is 16.8. The van der Waals surface area contributed by atoms with Crippen molar-refractivity contribution in [2.24, 2.45) is 29.7 Å². The molecule has 1 aromatic heterocycles. The Morgan fingerprint density at radius 1 is 1.07 bits per heavy atom. The molecule has 3 atom stereocenters. The molecule has 0 spiro atoms. The van der Waals surface area contributed by atoms with E-state index in [0.29, 0.717) is 36.7 Å². The Kier molecular flexibility index (Phi) is 7.85. The fraction of sp³-hybridized carbons (Fsp3) is 0.636. The second kappa shape index (κ2) is 11.3. The predicted octanol–water partition coefficient (Wildman–Crippen LogP) is 4.40. The van der Waals surface area contributed by atoms with Crippen molar-refractivity contribution in [3.8, 4) is 0 Å². The van der Waals surface area contributed by atoms with E-state index >= 15 is 4.39 Å². The summed E-state index contributed by atoms with van der Waals surface area (Å²) in [5.41, 5.74) is 0.0776. The number of hydrogen-bond acceptors (Lipinski definition) is 5. The molecule has 3 aliphatic carbocycles. The normalized spacial score (nSPS) is 25.1. The predicted molar refractivity (Wildman–Crippen MR) is 162 cm³/mol. The van der Waals surface area contributed by atoms with Gasteiger partial charge in [0, 0.05) is 19.8 Å². The van der Waals surface area contributed by atoms with Crippen molar-refractivity contribution < 1.29 is 18.8 Å². The van der Waals surface area contributed by atoms with Crippen molar-refractivity contribution in [2.45, 2.75) is 89.6 Å². The first-order chi connectivity index (χ1) is 20.5. The van der Waals surface area contributed by atoms with Crippen LogP contribution in [0.5, 0.6) is 0 Å². The number of aryl methyl sites for hydroxylation is 1. The highest BCUT2D eigenvalue weighted by molar-refractivity contribution is 6.01. The maximum Gasteiger partial charge on any atom is 0.270 e. The van der Waals surface area contributed by atoms with Crippen LogP contribution in [-0.4, -0.2) is 46.6 Å². The third-order valence-corrected chi connectivity index (χ3v) is 11.0. The zero-order chi connectivity index (χ0) is 30.4. The van der Waals surface area contributed by atoms with Crippen LogP contribution < -0.4 is 21.3 Å². The molecule has 10 heteroatoms. The first-order valence-electron chi connectivity index (χ1n) is 16.0. The van der Waals surface area contributed by atoms with Crippen molar-refractivity contribution in [1.82, 2.24) is 25.7 Å². The number of halogens is 1. The largest absolute Gasteiger partial charge is 0.354 e. The maximum absolute atomic E-state index is 15.4. The number of benzene rings is 1. The Balaban J connectivity index is 1.27. The number of aromatic nitrogens is 2. The van der Waals surface area contributed by atoms with Gasteiger partial charge in [0.1, 0.15) is 23.1 Å². The van der Waals surface area contributed by atoms with Gasteiger partial charge in [0.05, 0.1) is 5.69 Å². The highest BCUT2D eigenvalue weighted by Crippen LogP contribution is 2.58. The summed E-state index contributed by atoms with van der Waals surface area (Å²) in [4.78, 5) is 41.1. The highest BCUT2D eigenvalue weighted by Gasteiger charge is 2.54. The van der Waals surface area contributed by atoms with Gasteiger partial charge >= 0.3 is 0 Å². The molecule has 2 heterocycles. The molecule has 0 bridgehead atoms. The molecule has 1 aromatic carbocycles. The summed E-state index contributed by atoms with van der Waals surface area (Å²) in [6.45, 7) is 5.66. The Labute approximate surface area is 253 Å². The van der Waals surface area contributed by atoms with Gasteiger partial charge in [-0.2, -0.15) is 5.10 Å². The molecule has 6 rings (SSSR count). The van der Waals surface area contributed by atoms with E-state index < -0.39 is 23.3 Å². The van der Waals surface area contributed by atoms with Crippen molar-refractivity contribution in [3.63, 3.8) is 0 Å². The topological polar surface area (TPSA) is 117 Å². The van der Waals surface area contributed by atoms with Crippen LogP contribution in [0.25, 0.3) is 0 Å². The van der Waals surface area contributed by atoms with Gasteiger partial charge in [-0.15, -0.1) is 0 Å². The van der Waals surface area contributed by atoms with Gasteiger partial charge < -0.3 is 16.0 Å². The lowest BCUT2D eigenvalue weighted by Gasteiger charge is -2.42. The number of nitrogens with zero attached hydrogens (tertiary/aromatic N) is 2. The molecule has 0 radical (unpaired) electrons. The lowest BCUT2D eigenvalue weighted by Crippen LogP contribution is -2.54. The van der Waals surface area contributed by atoms with E-state index in [0.717, 1.165) is 51.4 Å². The van der Waals surface area contributed by atoms with Crippen LogP contribution in [0.1, 0.15) is 94.1 Å². The molecular weight excluding hydrogens is 547 g/mol. The zero-order valence-corrected chi connectivity index (χ0v) is 25.6. The van der Waals surface area contributed by atoms with Crippen LogP contribution in [0, 0.1) is 28.5 Å². The zero-order valence-electron chi connectivity index (χ0n) is 25.6. The number of hydrogen-bond donors (Lipinski definition) is 4. The van der Waals surface area contributed by atoms with Gasteiger partial charge in [0.15, 0.2) is 0 Å². The van der Waals surface area contributed by atoms with Gasteiger partial charge in [-0.05, 0) is 91.5 Å². The van der Waals surface area contributed by atoms with E-state index in [-0.39, 0.29) is 34.2 Å². The van der Waals surface area contributed by atoms with E-state index in [9.17, 15) is 14.4 Å². The van der Waals surface area contributed by atoms with Crippen LogP contribution in [0.3, 0.4) is 0 Å². The number of rotatable bonds is 11. The fourth-order valence-corrected chi connectivity index (χ4v) is 7.52. The minimum Gasteiger partial charge on any atom is -0.354 e. The lowest BCUT2D eigenvalue weighted by molar-refractivity contribution is -0.128. The summed E-state index contributed by atoms with van der Waals surface area (Å²) in [5, 5.41) is 16.5. The molecule has 2 aromatic rings. The Morgan fingerprint density at radius 2 is 1.84 bits per heavy atom. The number of anilines is 1. The summed E-state index contributed by atoms with van der Waals surface area (Å²) in [7, 11) is 1.69. The second-order valence-corrected chi connectivity index (χ2v) is 14.1. The Hall–Kier alpha value is -3.27. The van der Waals surface area contributed by atoms with Crippen LogP contribution >= 0.6 is 0 Å². The van der Waals surface area contributed by atoms with Crippen LogP contribution in [0.2, 0.25) is 0 Å². The molecule has 232 valence electrons.